The molecule has 0 heterocycles. The Hall–Kier alpha value is -1.33. The van der Waals surface area contributed by atoms with Crippen molar-refractivity contribution in [1.29, 1.82) is 5.26 Å². The molecule has 0 atom stereocenters. The van der Waals surface area contributed by atoms with Crippen LogP contribution >= 0.6 is 0 Å². The molecule has 0 saturated heterocycles. The highest BCUT2D eigenvalue weighted by atomic mass is 14.8. The zero-order valence-electron chi connectivity index (χ0n) is 10.2. The Bertz CT molecular complexity index is 363. The van der Waals surface area contributed by atoms with Crippen molar-refractivity contribution in [3.8, 4) is 6.07 Å². The van der Waals surface area contributed by atoms with Crippen LogP contribution in [0.3, 0.4) is 0 Å². The standard InChI is InChI=1S/C14H20N2/c1-12-7-6-8-14(13(12)2)11-16-10-5-3-4-9-15/h6-8,16H,3-5,10-11H2,1-2H3. The van der Waals surface area contributed by atoms with Gasteiger partial charge in [-0.3, -0.25) is 0 Å². The molecule has 0 saturated carbocycles. The van der Waals surface area contributed by atoms with E-state index in [0.29, 0.717) is 6.42 Å². The highest BCUT2D eigenvalue weighted by Gasteiger charge is 1.99. The smallest absolute Gasteiger partial charge is 0.0621 e. The lowest BCUT2D eigenvalue weighted by molar-refractivity contribution is 0.627. The first-order valence-corrected chi connectivity index (χ1v) is 5.88. The third-order valence-electron chi connectivity index (χ3n) is 2.92. The lowest BCUT2D eigenvalue weighted by Gasteiger charge is -2.09. The monoisotopic (exact) mass is 216 g/mol. The number of unbranched alkanes of at least 4 members (excludes halogenated alkanes) is 2. The summed E-state index contributed by atoms with van der Waals surface area (Å²) in [6.45, 7) is 6.24. The number of aryl methyl sites for hydroxylation is 1. The molecule has 16 heavy (non-hydrogen) atoms. The molecule has 0 aliphatic carbocycles. The Balaban J connectivity index is 2.27. The van der Waals surface area contributed by atoms with Crippen LogP contribution in [0.25, 0.3) is 0 Å². The second-order valence-electron chi connectivity index (χ2n) is 4.15. The molecule has 2 nitrogen and oxygen atoms in total. The van der Waals surface area contributed by atoms with Gasteiger partial charge in [-0.1, -0.05) is 18.2 Å². The third kappa shape index (κ3) is 4.04. The molecule has 1 N–H and O–H groups in total. The van der Waals surface area contributed by atoms with Gasteiger partial charge in [0.2, 0.25) is 0 Å². The van der Waals surface area contributed by atoms with E-state index in [1.807, 2.05) is 0 Å². The molecule has 0 unspecified atom stereocenters. The van der Waals surface area contributed by atoms with Crippen molar-refractivity contribution in [2.45, 2.75) is 39.7 Å². The first kappa shape index (κ1) is 12.7. The van der Waals surface area contributed by atoms with Gasteiger partial charge in [0, 0.05) is 13.0 Å². The normalized spacial score (nSPS) is 10.1. The van der Waals surface area contributed by atoms with Gasteiger partial charge in [-0.15, -0.1) is 0 Å². The first-order chi connectivity index (χ1) is 7.75. The lowest BCUT2D eigenvalue weighted by atomic mass is 10.0. The van der Waals surface area contributed by atoms with Crippen molar-refractivity contribution in [3.05, 3.63) is 34.9 Å². The molecule has 0 aliphatic rings. The second kappa shape index (κ2) is 7.03. The Morgan fingerprint density at radius 2 is 2.06 bits per heavy atom. The Kier molecular flexibility index (Phi) is 5.60. The summed E-state index contributed by atoms with van der Waals surface area (Å²) in [6, 6.07) is 8.59. The molecule has 2 heteroatoms. The molecule has 1 aromatic rings. The van der Waals surface area contributed by atoms with Crippen LogP contribution < -0.4 is 5.32 Å². The predicted molar refractivity (Wildman–Crippen MR) is 67.1 cm³/mol. The highest BCUT2D eigenvalue weighted by molar-refractivity contribution is 5.32. The van der Waals surface area contributed by atoms with Crippen molar-refractivity contribution in [1.82, 2.24) is 5.32 Å². The maximum Gasteiger partial charge on any atom is 0.0621 e. The molecule has 0 bridgehead atoms. The Labute approximate surface area is 98.3 Å². The summed E-state index contributed by atoms with van der Waals surface area (Å²) < 4.78 is 0. The number of hydrogen-bond donors (Lipinski definition) is 1. The van der Waals surface area contributed by atoms with Crippen molar-refractivity contribution in [3.63, 3.8) is 0 Å². The molecular weight excluding hydrogens is 196 g/mol. The van der Waals surface area contributed by atoms with Crippen LogP contribution in [-0.2, 0) is 6.54 Å². The maximum atomic E-state index is 8.40. The molecule has 1 rings (SSSR count). The maximum absolute atomic E-state index is 8.40. The van der Waals surface area contributed by atoms with Gasteiger partial charge in [-0.25, -0.2) is 0 Å². The minimum atomic E-state index is 0.672. The third-order valence-corrected chi connectivity index (χ3v) is 2.92. The predicted octanol–water partition coefficient (Wildman–Crippen LogP) is 3.09. The van der Waals surface area contributed by atoms with Crippen molar-refractivity contribution in [2.24, 2.45) is 0 Å². The molecule has 0 spiro atoms. The van der Waals surface area contributed by atoms with E-state index in [0.717, 1.165) is 25.9 Å². The van der Waals surface area contributed by atoms with Gasteiger partial charge in [-0.2, -0.15) is 5.26 Å². The molecule has 0 amide bonds. The topological polar surface area (TPSA) is 35.8 Å². The van der Waals surface area contributed by atoms with Crippen LogP contribution in [0.2, 0.25) is 0 Å². The summed E-state index contributed by atoms with van der Waals surface area (Å²) in [5.74, 6) is 0. The number of hydrogen-bond acceptors (Lipinski definition) is 2. The summed E-state index contributed by atoms with van der Waals surface area (Å²) in [4.78, 5) is 0. The molecule has 0 aliphatic heterocycles. The fourth-order valence-corrected chi connectivity index (χ4v) is 1.68. The molecular formula is C14H20N2. The van der Waals surface area contributed by atoms with Crippen molar-refractivity contribution >= 4 is 0 Å². The van der Waals surface area contributed by atoms with E-state index in [2.05, 4.69) is 43.4 Å². The minimum absolute atomic E-state index is 0.672. The van der Waals surface area contributed by atoms with Crippen LogP contribution in [0.15, 0.2) is 18.2 Å². The molecule has 0 fully saturated rings. The van der Waals surface area contributed by atoms with Crippen LogP contribution in [0.5, 0.6) is 0 Å². The van der Waals surface area contributed by atoms with E-state index >= 15 is 0 Å². The summed E-state index contributed by atoms with van der Waals surface area (Å²) in [5, 5.41) is 11.8. The molecule has 0 radical (unpaired) electrons. The Morgan fingerprint density at radius 3 is 2.81 bits per heavy atom. The SMILES string of the molecule is Cc1cccc(CNCCCCC#N)c1C. The van der Waals surface area contributed by atoms with Crippen LogP contribution in [0.1, 0.15) is 36.0 Å². The average Bonchev–Trinajstić information content (AvgIpc) is 2.29. The second-order valence-corrected chi connectivity index (χ2v) is 4.15. The average molecular weight is 216 g/mol. The van der Waals surface area contributed by atoms with E-state index in [1.165, 1.54) is 16.7 Å². The minimum Gasteiger partial charge on any atom is -0.313 e. The summed E-state index contributed by atoms with van der Waals surface area (Å²) >= 11 is 0. The zero-order valence-corrected chi connectivity index (χ0v) is 10.2. The van der Waals surface area contributed by atoms with Crippen LogP contribution in [0.4, 0.5) is 0 Å². The lowest BCUT2D eigenvalue weighted by Crippen LogP contribution is -2.15. The fraction of sp³-hybridized carbons (Fsp3) is 0.500. The number of nitriles is 1. The fourth-order valence-electron chi connectivity index (χ4n) is 1.68. The van der Waals surface area contributed by atoms with Gasteiger partial charge in [-0.05, 0) is 49.9 Å². The van der Waals surface area contributed by atoms with Gasteiger partial charge < -0.3 is 5.32 Å². The van der Waals surface area contributed by atoms with Crippen molar-refractivity contribution in [2.75, 3.05) is 6.54 Å². The van der Waals surface area contributed by atoms with E-state index in [4.69, 9.17) is 5.26 Å². The van der Waals surface area contributed by atoms with Crippen LogP contribution in [0, 0.1) is 25.2 Å². The highest BCUT2D eigenvalue weighted by Crippen LogP contribution is 2.12. The van der Waals surface area contributed by atoms with Gasteiger partial charge in [0.25, 0.3) is 0 Å². The zero-order chi connectivity index (χ0) is 11.8. The quantitative estimate of drug-likeness (QED) is 0.742. The van der Waals surface area contributed by atoms with Crippen molar-refractivity contribution < 1.29 is 0 Å². The van der Waals surface area contributed by atoms with Gasteiger partial charge >= 0.3 is 0 Å². The van der Waals surface area contributed by atoms with Crippen LogP contribution in [-0.4, -0.2) is 6.54 Å². The number of rotatable bonds is 6. The molecule has 0 aromatic heterocycles. The first-order valence-electron chi connectivity index (χ1n) is 5.88. The van der Waals surface area contributed by atoms with Gasteiger partial charge in [0.1, 0.15) is 0 Å². The van der Waals surface area contributed by atoms with Gasteiger partial charge in [0.15, 0.2) is 0 Å². The Morgan fingerprint density at radius 1 is 1.25 bits per heavy atom. The number of nitrogens with one attached hydrogen (secondary N) is 1. The summed E-state index contributed by atoms with van der Waals surface area (Å²) in [5.41, 5.74) is 4.11. The summed E-state index contributed by atoms with van der Waals surface area (Å²) in [6.07, 6.45) is 2.75. The van der Waals surface area contributed by atoms with E-state index < -0.39 is 0 Å². The van der Waals surface area contributed by atoms with Gasteiger partial charge in [0.05, 0.1) is 6.07 Å². The number of nitrogens with zero attached hydrogens (tertiary/aromatic N) is 1. The van der Waals surface area contributed by atoms with E-state index in [1.54, 1.807) is 0 Å². The largest absolute Gasteiger partial charge is 0.313 e. The molecule has 86 valence electrons. The van der Waals surface area contributed by atoms with E-state index in [-0.39, 0.29) is 0 Å². The summed E-state index contributed by atoms with van der Waals surface area (Å²) in [7, 11) is 0. The molecule has 1 aromatic carbocycles. The van der Waals surface area contributed by atoms with E-state index in [9.17, 15) is 0 Å². The number of benzene rings is 1.